The fraction of sp³-hybridized carbons (Fsp3) is 0.560. The van der Waals surface area contributed by atoms with Gasteiger partial charge < -0.3 is 10.2 Å². The van der Waals surface area contributed by atoms with Crippen LogP contribution in [0.25, 0.3) is 0 Å². The average Bonchev–Trinajstić information content (AvgIpc) is 2.95. The van der Waals surface area contributed by atoms with Crippen molar-refractivity contribution in [1.29, 1.82) is 0 Å². The van der Waals surface area contributed by atoms with Crippen LogP contribution < -0.4 is 10.2 Å². The van der Waals surface area contributed by atoms with E-state index < -0.39 is 0 Å². The number of amides is 1. The van der Waals surface area contributed by atoms with E-state index in [-0.39, 0.29) is 5.91 Å². The number of hydrogen-bond acceptors (Lipinski definition) is 5. The molecule has 166 valence electrons. The second-order valence-corrected chi connectivity index (χ2v) is 9.10. The second kappa shape index (κ2) is 10.2. The van der Waals surface area contributed by atoms with Crippen molar-refractivity contribution in [2.24, 2.45) is 0 Å². The average molecular weight is 422 g/mol. The molecule has 0 fully saturated rings. The van der Waals surface area contributed by atoms with E-state index in [1.54, 1.807) is 6.33 Å². The van der Waals surface area contributed by atoms with E-state index in [0.29, 0.717) is 6.42 Å². The van der Waals surface area contributed by atoms with Crippen LogP contribution in [0.2, 0.25) is 0 Å². The zero-order valence-electron chi connectivity index (χ0n) is 19.0. The molecule has 1 aromatic carbocycles. The summed E-state index contributed by atoms with van der Waals surface area (Å²) in [6.07, 6.45) is 11.4. The number of benzene rings is 1. The van der Waals surface area contributed by atoms with Crippen LogP contribution in [0.3, 0.4) is 0 Å². The van der Waals surface area contributed by atoms with E-state index in [9.17, 15) is 4.79 Å². The van der Waals surface area contributed by atoms with Gasteiger partial charge in [0, 0.05) is 44.9 Å². The van der Waals surface area contributed by atoms with Crippen LogP contribution in [-0.4, -0.2) is 48.0 Å². The fourth-order valence-corrected chi connectivity index (χ4v) is 4.75. The standard InChI is InChI=1S/C25H35N5O/c1-29(2)25-21-13-15-30(17-23(21)26-18-27-25)14-6-4-3-5-8-19-11-12-20-9-7-10-24(31)28-22(20)16-19/h11-12,16,18H,3-10,13-15,17H2,1-2H3,(H,28,31). The number of unbranched alkanes of at least 4 members (excludes halogenated alkanes) is 3. The molecule has 0 spiro atoms. The lowest BCUT2D eigenvalue weighted by Crippen LogP contribution is -2.33. The van der Waals surface area contributed by atoms with Gasteiger partial charge in [0.2, 0.25) is 5.91 Å². The lowest BCUT2D eigenvalue weighted by molar-refractivity contribution is -0.116. The Labute approximate surface area is 186 Å². The summed E-state index contributed by atoms with van der Waals surface area (Å²) in [5, 5.41) is 3.07. The van der Waals surface area contributed by atoms with Crippen molar-refractivity contribution >= 4 is 17.4 Å². The fourth-order valence-electron chi connectivity index (χ4n) is 4.75. The van der Waals surface area contributed by atoms with Crippen LogP contribution >= 0.6 is 0 Å². The van der Waals surface area contributed by atoms with Crippen molar-refractivity contribution in [1.82, 2.24) is 14.9 Å². The molecule has 6 heteroatoms. The van der Waals surface area contributed by atoms with Crippen LogP contribution in [0.1, 0.15) is 60.9 Å². The molecule has 2 aliphatic heterocycles. The molecule has 4 rings (SSSR count). The summed E-state index contributed by atoms with van der Waals surface area (Å²) in [5.74, 6) is 1.22. The quantitative estimate of drug-likeness (QED) is 0.654. The van der Waals surface area contributed by atoms with Gasteiger partial charge in [0.25, 0.3) is 0 Å². The number of hydrogen-bond donors (Lipinski definition) is 1. The zero-order chi connectivity index (χ0) is 21.6. The maximum atomic E-state index is 11.8. The Hall–Kier alpha value is -2.47. The molecule has 3 heterocycles. The van der Waals surface area contributed by atoms with Crippen molar-refractivity contribution in [3.8, 4) is 0 Å². The van der Waals surface area contributed by atoms with E-state index >= 15 is 0 Å². The maximum Gasteiger partial charge on any atom is 0.224 e. The van der Waals surface area contributed by atoms with Crippen molar-refractivity contribution < 1.29 is 4.79 Å². The molecule has 0 aliphatic carbocycles. The number of carbonyl (C=O) groups is 1. The predicted octanol–water partition coefficient (Wildman–Crippen LogP) is 3.98. The van der Waals surface area contributed by atoms with Gasteiger partial charge in [0.15, 0.2) is 0 Å². The smallest absolute Gasteiger partial charge is 0.224 e. The van der Waals surface area contributed by atoms with Gasteiger partial charge in [-0.2, -0.15) is 0 Å². The minimum Gasteiger partial charge on any atom is -0.362 e. The van der Waals surface area contributed by atoms with Crippen molar-refractivity contribution in [2.45, 2.75) is 64.3 Å². The SMILES string of the molecule is CN(C)c1ncnc2c1CCN(CCCCCCc1ccc3c(c1)NC(=O)CCC3)C2. The topological polar surface area (TPSA) is 61.4 Å². The summed E-state index contributed by atoms with van der Waals surface area (Å²) in [7, 11) is 4.10. The first-order chi connectivity index (χ1) is 15.1. The first kappa shape index (κ1) is 21.8. The van der Waals surface area contributed by atoms with Crippen LogP contribution in [0.5, 0.6) is 0 Å². The van der Waals surface area contributed by atoms with Crippen LogP contribution in [0.15, 0.2) is 24.5 Å². The molecule has 1 N–H and O–H groups in total. The van der Waals surface area contributed by atoms with Gasteiger partial charge in [0.1, 0.15) is 12.1 Å². The van der Waals surface area contributed by atoms with E-state index in [4.69, 9.17) is 0 Å². The molecule has 0 atom stereocenters. The van der Waals surface area contributed by atoms with Crippen LogP contribution in [0, 0.1) is 0 Å². The van der Waals surface area contributed by atoms with Gasteiger partial charge in [-0.15, -0.1) is 0 Å². The molecule has 0 unspecified atom stereocenters. The molecule has 1 aromatic heterocycles. The van der Waals surface area contributed by atoms with E-state index in [2.05, 4.69) is 57.4 Å². The molecule has 0 bridgehead atoms. The van der Waals surface area contributed by atoms with Crippen molar-refractivity contribution in [3.05, 3.63) is 46.9 Å². The molecule has 2 aliphatic rings. The normalized spacial score (nSPS) is 16.3. The van der Waals surface area contributed by atoms with Crippen molar-refractivity contribution in [3.63, 3.8) is 0 Å². The molecule has 1 amide bonds. The zero-order valence-corrected chi connectivity index (χ0v) is 19.0. The Morgan fingerprint density at radius 1 is 1.06 bits per heavy atom. The largest absolute Gasteiger partial charge is 0.362 e. The van der Waals surface area contributed by atoms with Gasteiger partial charge in [-0.3, -0.25) is 9.69 Å². The summed E-state index contributed by atoms with van der Waals surface area (Å²) in [6.45, 7) is 3.19. The minimum absolute atomic E-state index is 0.153. The number of anilines is 2. The first-order valence-electron chi connectivity index (χ1n) is 11.7. The molecule has 0 saturated heterocycles. The summed E-state index contributed by atoms with van der Waals surface area (Å²) in [4.78, 5) is 25.4. The molecule has 0 radical (unpaired) electrons. The lowest BCUT2D eigenvalue weighted by Gasteiger charge is -2.29. The molecular weight excluding hydrogens is 386 g/mol. The summed E-state index contributed by atoms with van der Waals surface area (Å²) in [5.41, 5.74) is 6.17. The predicted molar refractivity (Wildman–Crippen MR) is 126 cm³/mol. The van der Waals surface area contributed by atoms with Gasteiger partial charge in [-0.1, -0.05) is 25.0 Å². The van der Waals surface area contributed by atoms with Gasteiger partial charge in [-0.25, -0.2) is 9.97 Å². The van der Waals surface area contributed by atoms with Crippen molar-refractivity contribution in [2.75, 3.05) is 37.4 Å². The number of nitrogens with zero attached hydrogens (tertiary/aromatic N) is 4. The van der Waals surface area contributed by atoms with Crippen LogP contribution in [0.4, 0.5) is 11.5 Å². The first-order valence-corrected chi connectivity index (χ1v) is 11.7. The number of aryl methyl sites for hydroxylation is 2. The highest BCUT2D eigenvalue weighted by molar-refractivity contribution is 5.92. The monoisotopic (exact) mass is 421 g/mol. The third-order valence-corrected chi connectivity index (χ3v) is 6.47. The molecular formula is C25H35N5O. The Bertz CT molecular complexity index is 911. The number of rotatable bonds is 8. The summed E-state index contributed by atoms with van der Waals surface area (Å²) < 4.78 is 0. The Morgan fingerprint density at radius 3 is 2.81 bits per heavy atom. The van der Waals surface area contributed by atoms with E-state index in [1.165, 1.54) is 48.1 Å². The highest BCUT2D eigenvalue weighted by Gasteiger charge is 2.21. The Kier molecular flexibility index (Phi) is 7.17. The summed E-state index contributed by atoms with van der Waals surface area (Å²) in [6, 6.07) is 6.63. The van der Waals surface area contributed by atoms with Gasteiger partial charge >= 0.3 is 0 Å². The van der Waals surface area contributed by atoms with E-state index in [1.807, 2.05) is 0 Å². The van der Waals surface area contributed by atoms with Gasteiger partial charge in [0.05, 0.1) is 5.69 Å². The minimum atomic E-state index is 0.153. The number of aromatic nitrogens is 2. The second-order valence-electron chi connectivity index (χ2n) is 9.10. The Balaban J connectivity index is 1.17. The Morgan fingerprint density at radius 2 is 1.94 bits per heavy atom. The highest BCUT2D eigenvalue weighted by Crippen LogP contribution is 2.25. The number of carbonyl (C=O) groups excluding carboxylic acids is 1. The molecule has 6 nitrogen and oxygen atoms in total. The lowest BCUT2D eigenvalue weighted by atomic mass is 10.0. The highest BCUT2D eigenvalue weighted by atomic mass is 16.1. The van der Waals surface area contributed by atoms with Crippen LogP contribution in [-0.2, 0) is 30.6 Å². The molecule has 0 saturated carbocycles. The molecule has 31 heavy (non-hydrogen) atoms. The third-order valence-electron chi connectivity index (χ3n) is 6.47. The number of fused-ring (bicyclic) bond motifs is 2. The van der Waals surface area contributed by atoms with Gasteiger partial charge in [-0.05, 0) is 62.3 Å². The van der Waals surface area contributed by atoms with E-state index in [0.717, 1.165) is 56.8 Å². The maximum absolute atomic E-state index is 11.8. The number of nitrogens with one attached hydrogen (secondary N) is 1. The third kappa shape index (κ3) is 5.62. The molecule has 2 aromatic rings. The summed E-state index contributed by atoms with van der Waals surface area (Å²) >= 11 is 0.